The van der Waals surface area contributed by atoms with Crippen LogP contribution in [-0.4, -0.2) is 48.7 Å². The van der Waals surface area contributed by atoms with Crippen LogP contribution >= 0.6 is 0 Å². The van der Waals surface area contributed by atoms with Gasteiger partial charge in [0.05, 0.1) is 24.9 Å². The lowest BCUT2D eigenvalue weighted by Gasteiger charge is -2.33. The van der Waals surface area contributed by atoms with E-state index in [1.165, 1.54) is 32.1 Å². The van der Waals surface area contributed by atoms with Gasteiger partial charge in [0.25, 0.3) is 0 Å². The lowest BCUT2D eigenvalue weighted by molar-refractivity contribution is -0.189. The monoisotopic (exact) mass is 380 g/mol. The molecule has 0 aromatic heterocycles. The van der Waals surface area contributed by atoms with Crippen molar-refractivity contribution >= 4 is 5.78 Å². The molecule has 27 heavy (non-hydrogen) atoms. The first-order chi connectivity index (χ1) is 13.2. The first-order valence-corrected chi connectivity index (χ1v) is 10.9. The maximum atomic E-state index is 11.9. The number of ether oxygens (including phenoxy) is 3. The van der Waals surface area contributed by atoms with Crippen LogP contribution < -0.4 is 0 Å². The molecule has 2 heterocycles. The third-order valence-corrected chi connectivity index (χ3v) is 6.29. The molecule has 0 aromatic carbocycles. The summed E-state index contributed by atoms with van der Waals surface area (Å²) in [5, 5.41) is 10.2. The van der Waals surface area contributed by atoms with E-state index in [1.807, 2.05) is 13.0 Å². The standard InChI is InChI=1S/C22H36O5/c1-2-17(23)14-18-19(24)15-26-21(18)12-11-20(16-8-4-3-5-9-16)27-22-10-6-7-13-25-22/h11-12,16,18-22,24H,2-10,13-15H2,1H3/t18-,19-,20?,21+,22?/m0/s1. The summed E-state index contributed by atoms with van der Waals surface area (Å²) >= 11 is 0. The lowest BCUT2D eigenvalue weighted by atomic mass is 9.84. The van der Waals surface area contributed by atoms with Crippen molar-refractivity contribution in [3.8, 4) is 0 Å². The van der Waals surface area contributed by atoms with Gasteiger partial charge in [-0.1, -0.05) is 38.3 Å². The highest BCUT2D eigenvalue weighted by atomic mass is 16.7. The van der Waals surface area contributed by atoms with Crippen molar-refractivity contribution in [1.82, 2.24) is 0 Å². The predicted octanol–water partition coefficient (Wildman–Crippen LogP) is 3.78. The number of hydrogen-bond donors (Lipinski definition) is 1. The van der Waals surface area contributed by atoms with Gasteiger partial charge in [-0.25, -0.2) is 0 Å². The fourth-order valence-corrected chi connectivity index (χ4v) is 4.52. The van der Waals surface area contributed by atoms with Crippen LogP contribution in [0.15, 0.2) is 12.2 Å². The SMILES string of the molecule is CCC(=O)C[C@H]1[C@@H](O)CO[C@@H]1C=CC(OC1CCCCO1)C1CCCCC1. The van der Waals surface area contributed by atoms with Crippen molar-refractivity contribution < 1.29 is 24.1 Å². The van der Waals surface area contributed by atoms with Crippen LogP contribution in [0, 0.1) is 11.8 Å². The summed E-state index contributed by atoms with van der Waals surface area (Å²) in [4.78, 5) is 11.9. The smallest absolute Gasteiger partial charge is 0.158 e. The van der Waals surface area contributed by atoms with Crippen molar-refractivity contribution in [2.24, 2.45) is 11.8 Å². The fraction of sp³-hybridized carbons (Fsp3) is 0.864. The summed E-state index contributed by atoms with van der Waals surface area (Å²) < 4.78 is 17.9. The van der Waals surface area contributed by atoms with Crippen LogP contribution in [0.1, 0.15) is 71.1 Å². The lowest BCUT2D eigenvalue weighted by Crippen LogP contribution is -2.33. The Labute approximate surface area is 163 Å². The third kappa shape index (κ3) is 6.11. The van der Waals surface area contributed by atoms with Crippen molar-refractivity contribution in [1.29, 1.82) is 0 Å². The Hall–Kier alpha value is -0.750. The second-order valence-corrected chi connectivity index (χ2v) is 8.31. The van der Waals surface area contributed by atoms with Crippen LogP contribution in [0.25, 0.3) is 0 Å². The average molecular weight is 381 g/mol. The highest BCUT2D eigenvalue weighted by Crippen LogP contribution is 2.32. The van der Waals surface area contributed by atoms with Crippen LogP contribution in [0.3, 0.4) is 0 Å². The molecule has 5 nitrogen and oxygen atoms in total. The first kappa shape index (κ1) is 21.0. The normalized spacial score (nSPS) is 34.1. The molecule has 1 N–H and O–H groups in total. The van der Waals surface area contributed by atoms with Gasteiger partial charge in [-0.05, 0) is 38.0 Å². The van der Waals surface area contributed by atoms with E-state index >= 15 is 0 Å². The molecule has 1 saturated carbocycles. The van der Waals surface area contributed by atoms with E-state index in [0.717, 1.165) is 25.9 Å². The van der Waals surface area contributed by atoms with Crippen LogP contribution in [0.4, 0.5) is 0 Å². The Morgan fingerprint density at radius 3 is 2.63 bits per heavy atom. The quantitative estimate of drug-likeness (QED) is 0.649. The molecule has 3 aliphatic rings. The molecule has 0 radical (unpaired) electrons. The van der Waals surface area contributed by atoms with Crippen molar-refractivity contribution in [2.45, 2.75) is 95.7 Å². The van der Waals surface area contributed by atoms with E-state index in [2.05, 4.69) is 6.08 Å². The molecule has 1 aliphatic carbocycles. The minimum atomic E-state index is -0.564. The van der Waals surface area contributed by atoms with E-state index in [-0.39, 0.29) is 30.2 Å². The van der Waals surface area contributed by atoms with E-state index < -0.39 is 6.10 Å². The number of carbonyl (C=O) groups excluding carboxylic acids is 1. The Morgan fingerprint density at radius 1 is 1.15 bits per heavy atom. The largest absolute Gasteiger partial charge is 0.390 e. The predicted molar refractivity (Wildman–Crippen MR) is 103 cm³/mol. The molecule has 0 amide bonds. The Balaban J connectivity index is 1.64. The minimum absolute atomic E-state index is 0.0252. The maximum absolute atomic E-state index is 11.9. The summed E-state index contributed by atoms with van der Waals surface area (Å²) in [6.07, 6.45) is 13.6. The van der Waals surface area contributed by atoms with E-state index in [1.54, 1.807) is 0 Å². The summed E-state index contributed by atoms with van der Waals surface area (Å²) in [7, 11) is 0. The zero-order chi connectivity index (χ0) is 19.1. The molecule has 2 aliphatic heterocycles. The molecule has 0 spiro atoms. The van der Waals surface area contributed by atoms with Gasteiger partial charge >= 0.3 is 0 Å². The van der Waals surface area contributed by atoms with E-state index in [9.17, 15) is 9.90 Å². The van der Waals surface area contributed by atoms with Crippen LogP contribution in [0.2, 0.25) is 0 Å². The number of rotatable bonds is 8. The van der Waals surface area contributed by atoms with Crippen LogP contribution in [0.5, 0.6) is 0 Å². The molecule has 0 bridgehead atoms. The number of ketones is 1. The van der Waals surface area contributed by atoms with Gasteiger partial charge in [-0.15, -0.1) is 0 Å². The first-order valence-electron chi connectivity index (χ1n) is 10.9. The Bertz CT molecular complexity index is 479. The molecule has 3 rings (SSSR count). The molecule has 2 unspecified atom stereocenters. The van der Waals surface area contributed by atoms with Gasteiger partial charge in [-0.2, -0.15) is 0 Å². The molecular weight excluding hydrogens is 344 g/mol. The van der Waals surface area contributed by atoms with Gasteiger partial charge in [-0.3, -0.25) is 4.79 Å². The van der Waals surface area contributed by atoms with E-state index in [4.69, 9.17) is 14.2 Å². The maximum Gasteiger partial charge on any atom is 0.158 e. The molecule has 5 heteroatoms. The number of aliphatic hydroxyl groups excluding tert-OH is 1. The van der Waals surface area contributed by atoms with Crippen molar-refractivity contribution in [2.75, 3.05) is 13.2 Å². The third-order valence-electron chi connectivity index (χ3n) is 6.29. The topological polar surface area (TPSA) is 65.0 Å². The summed E-state index contributed by atoms with van der Waals surface area (Å²) in [5.41, 5.74) is 0. The second kappa shape index (κ2) is 10.7. The molecule has 2 saturated heterocycles. The molecule has 154 valence electrons. The number of carbonyl (C=O) groups is 1. The van der Waals surface area contributed by atoms with Gasteiger partial charge in [0.15, 0.2) is 6.29 Å². The average Bonchev–Trinajstić information content (AvgIpc) is 3.06. The fourth-order valence-electron chi connectivity index (χ4n) is 4.52. The summed E-state index contributed by atoms with van der Waals surface area (Å²) in [6.45, 7) is 2.95. The highest BCUT2D eigenvalue weighted by Gasteiger charge is 2.36. The number of Topliss-reactive ketones (excluding diaryl/α,β-unsaturated/α-hetero) is 1. The van der Waals surface area contributed by atoms with Crippen molar-refractivity contribution in [3.63, 3.8) is 0 Å². The molecule has 3 fully saturated rings. The molecule has 0 aromatic rings. The zero-order valence-electron chi connectivity index (χ0n) is 16.7. The number of aliphatic hydroxyl groups is 1. The van der Waals surface area contributed by atoms with Crippen molar-refractivity contribution in [3.05, 3.63) is 12.2 Å². The Kier molecular flexibility index (Phi) is 8.31. The summed E-state index contributed by atoms with van der Waals surface area (Å²) in [6, 6.07) is 0. The Morgan fingerprint density at radius 2 is 1.93 bits per heavy atom. The highest BCUT2D eigenvalue weighted by molar-refractivity contribution is 5.78. The van der Waals surface area contributed by atoms with Gasteiger partial charge < -0.3 is 19.3 Å². The van der Waals surface area contributed by atoms with Crippen LogP contribution in [-0.2, 0) is 19.0 Å². The van der Waals surface area contributed by atoms with Gasteiger partial charge in [0.2, 0.25) is 0 Å². The summed E-state index contributed by atoms with van der Waals surface area (Å²) in [5.74, 6) is 0.549. The zero-order valence-corrected chi connectivity index (χ0v) is 16.7. The van der Waals surface area contributed by atoms with E-state index in [0.29, 0.717) is 25.4 Å². The minimum Gasteiger partial charge on any atom is -0.390 e. The number of hydrogen-bond acceptors (Lipinski definition) is 5. The van der Waals surface area contributed by atoms with Gasteiger partial charge in [0, 0.05) is 25.4 Å². The van der Waals surface area contributed by atoms with Gasteiger partial charge in [0.1, 0.15) is 5.78 Å². The molecular formula is C22H36O5. The molecule has 5 atom stereocenters. The second-order valence-electron chi connectivity index (χ2n) is 8.31.